The minimum atomic E-state index is -0.617. The summed E-state index contributed by atoms with van der Waals surface area (Å²) in [4.78, 5) is 0. The van der Waals surface area contributed by atoms with Crippen molar-refractivity contribution in [1.82, 2.24) is 5.32 Å². The van der Waals surface area contributed by atoms with E-state index < -0.39 is 6.10 Å². The number of nitrogens with one attached hydrogen (secondary N) is 1. The Morgan fingerprint density at radius 1 is 1.53 bits per heavy atom. The zero-order chi connectivity index (χ0) is 11.1. The molecule has 1 aliphatic heterocycles. The zero-order valence-electron chi connectivity index (χ0n) is 9.00. The van der Waals surface area contributed by atoms with Crippen molar-refractivity contribution >= 4 is 0 Å². The van der Waals surface area contributed by atoms with E-state index in [1.165, 1.54) is 12.1 Å². The Hall–Kier alpha value is -0.930. The first kappa shape index (κ1) is 10.6. The number of rotatable bonds is 2. The molecule has 0 bridgehead atoms. The van der Waals surface area contributed by atoms with Gasteiger partial charge in [-0.05, 0) is 38.0 Å². The van der Waals surface area contributed by atoms with Gasteiger partial charge in [0.15, 0.2) is 0 Å². The van der Waals surface area contributed by atoms with Gasteiger partial charge < -0.3 is 10.4 Å². The van der Waals surface area contributed by atoms with E-state index in [2.05, 4.69) is 19.2 Å². The lowest BCUT2D eigenvalue weighted by atomic mass is 9.80. The maximum Gasteiger partial charge on any atom is 0.123 e. The summed E-state index contributed by atoms with van der Waals surface area (Å²) in [6.45, 7) is 4.17. The fraction of sp³-hybridized carbons (Fsp3) is 0.500. The molecule has 2 nitrogen and oxygen atoms in total. The molecule has 1 saturated heterocycles. The summed E-state index contributed by atoms with van der Waals surface area (Å²) in [5, 5.41) is 13.2. The first-order valence-electron chi connectivity index (χ1n) is 5.19. The van der Waals surface area contributed by atoms with Crippen LogP contribution < -0.4 is 5.32 Å². The van der Waals surface area contributed by atoms with Gasteiger partial charge in [-0.15, -0.1) is 0 Å². The predicted octanol–water partition coefficient (Wildman–Crippen LogP) is 2.00. The maximum atomic E-state index is 12.9. The summed E-state index contributed by atoms with van der Waals surface area (Å²) < 4.78 is 12.9. The zero-order valence-corrected chi connectivity index (χ0v) is 9.00. The molecule has 0 aliphatic carbocycles. The number of aliphatic hydroxyl groups is 1. The molecule has 2 atom stereocenters. The molecular weight excluding hydrogens is 193 g/mol. The summed E-state index contributed by atoms with van der Waals surface area (Å²) in [5.41, 5.74) is 0.738. The van der Waals surface area contributed by atoms with Gasteiger partial charge in [-0.1, -0.05) is 12.1 Å². The van der Waals surface area contributed by atoms with Gasteiger partial charge in [-0.25, -0.2) is 4.39 Å². The van der Waals surface area contributed by atoms with Crippen molar-refractivity contribution in [3.63, 3.8) is 0 Å². The van der Waals surface area contributed by atoms with E-state index in [1.807, 2.05) is 0 Å². The Kier molecular flexibility index (Phi) is 2.52. The average Bonchev–Trinajstić information content (AvgIpc) is 2.13. The highest BCUT2D eigenvalue weighted by atomic mass is 19.1. The van der Waals surface area contributed by atoms with Gasteiger partial charge >= 0.3 is 0 Å². The summed E-state index contributed by atoms with van der Waals surface area (Å²) in [6, 6.07) is 6.19. The molecule has 2 rings (SSSR count). The van der Waals surface area contributed by atoms with Gasteiger partial charge in [0.2, 0.25) is 0 Å². The van der Waals surface area contributed by atoms with Crippen LogP contribution in [0.15, 0.2) is 24.3 Å². The van der Waals surface area contributed by atoms with Gasteiger partial charge in [-0.2, -0.15) is 0 Å². The van der Waals surface area contributed by atoms with E-state index in [-0.39, 0.29) is 17.4 Å². The van der Waals surface area contributed by atoms with Crippen LogP contribution in [0.1, 0.15) is 31.9 Å². The highest BCUT2D eigenvalue weighted by Gasteiger charge is 2.39. The number of hydrogen-bond donors (Lipinski definition) is 2. The molecule has 1 aromatic rings. The smallest absolute Gasteiger partial charge is 0.123 e. The summed E-state index contributed by atoms with van der Waals surface area (Å²) in [5.74, 6) is -0.301. The molecule has 15 heavy (non-hydrogen) atoms. The number of benzene rings is 1. The molecule has 1 aliphatic rings. The van der Waals surface area contributed by atoms with Crippen molar-refractivity contribution in [2.75, 3.05) is 0 Å². The molecular formula is C12H16FNO. The highest BCUT2D eigenvalue weighted by Crippen LogP contribution is 2.32. The molecule has 2 N–H and O–H groups in total. The van der Waals surface area contributed by atoms with Crippen LogP contribution in [-0.2, 0) is 0 Å². The molecule has 0 aromatic heterocycles. The van der Waals surface area contributed by atoms with Crippen LogP contribution in [0.4, 0.5) is 4.39 Å². The van der Waals surface area contributed by atoms with E-state index in [0.717, 1.165) is 6.42 Å². The number of hydrogen-bond acceptors (Lipinski definition) is 2. The standard InChI is InChI=1S/C12H16FNO/c1-12(2)7-10(14-12)11(15)8-4-3-5-9(13)6-8/h3-6,10-11,14-15H,7H2,1-2H3/t10-,11-/m1/s1. The third kappa shape index (κ3) is 2.19. The molecule has 82 valence electrons. The van der Waals surface area contributed by atoms with Crippen LogP contribution in [0.25, 0.3) is 0 Å². The van der Waals surface area contributed by atoms with E-state index >= 15 is 0 Å². The van der Waals surface area contributed by atoms with Crippen LogP contribution in [0.2, 0.25) is 0 Å². The fourth-order valence-corrected chi connectivity index (χ4v) is 2.14. The van der Waals surface area contributed by atoms with Gasteiger partial charge in [-0.3, -0.25) is 0 Å². The molecule has 1 heterocycles. The van der Waals surface area contributed by atoms with Crippen molar-refractivity contribution in [2.24, 2.45) is 0 Å². The normalized spacial score (nSPS) is 25.7. The lowest BCUT2D eigenvalue weighted by Crippen LogP contribution is -2.61. The Morgan fingerprint density at radius 3 is 2.73 bits per heavy atom. The molecule has 1 fully saturated rings. The Bertz CT molecular complexity index is 356. The molecule has 0 radical (unpaired) electrons. The molecule has 0 spiro atoms. The van der Waals surface area contributed by atoms with Gasteiger partial charge in [0.1, 0.15) is 5.82 Å². The Morgan fingerprint density at radius 2 is 2.20 bits per heavy atom. The second kappa shape index (κ2) is 3.58. The van der Waals surface area contributed by atoms with Crippen LogP contribution in [0.5, 0.6) is 0 Å². The maximum absolute atomic E-state index is 12.9. The van der Waals surface area contributed by atoms with Crippen LogP contribution in [-0.4, -0.2) is 16.7 Å². The molecule has 1 aromatic carbocycles. The van der Waals surface area contributed by atoms with Crippen molar-refractivity contribution in [1.29, 1.82) is 0 Å². The van der Waals surface area contributed by atoms with Crippen molar-refractivity contribution < 1.29 is 9.50 Å². The minimum Gasteiger partial charge on any atom is -0.387 e. The quantitative estimate of drug-likeness (QED) is 0.780. The number of halogens is 1. The van der Waals surface area contributed by atoms with Crippen molar-refractivity contribution in [3.05, 3.63) is 35.6 Å². The second-order valence-electron chi connectivity index (χ2n) is 4.84. The lowest BCUT2D eigenvalue weighted by Gasteiger charge is -2.46. The van der Waals surface area contributed by atoms with Crippen LogP contribution in [0.3, 0.4) is 0 Å². The summed E-state index contributed by atoms with van der Waals surface area (Å²) >= 11 is 0. The van der Waals surface area contributed by atoms with Crippen molar-refractivity contribution in [3.8, 4) is 0 Å². The van der Waals surface area contributed by atoms with Gasteiger partial charge in [0, 0.05) is 11.6 Å². The molecule has 0 saturated carbocycles. The third-order valence-corrected chi connectivity index (χ3v) is 2.88. The van der Waals surface area contributed by atoms with Gasteiger partial charge in [0.25, 0.3) is 0 Å². The second-order valence-corrected chi connectivity index (χ2v) is 4.84. The molecule has 0 amide bonds. The lowest BCUT2D eigenvalue weighted by molar-refractivity contribution is 0.0388. The molecule has 0 unspecified atom stereocenters. The van der Waals surface area contributed by atoms with Crippen LogP contribution in [0, 0.1) is 5.82 Å². The number of aliphatic hydroxyl groups excluding tert-OH is 1. The van der Waals surface area contributed by atoms with Gasteiger partial charge in [0.05, 0.1) is 6.10 Å². The fourth-order valence-electron chi connectivity index (χ4n) is 2.14. The summed E-state index contributed by atoms with van der Waals surface area (Å²) in [6.07, 6.45) is 0.290. The topological polar surface area (TPSA) is 32.3 Å². The van der Waals surface area contributed by atoms with E-state index in [9.17, 15) is 9.50 Å². The monoisotopic (exact) mass is 209 g/mol. The SMILES string of the molecule is CC1(C)C[C@H]([C@H](O)c2cccc(F)c2)N1. The van der Waals surface area contributed by atoms with E-state index in [4.69, 9.17) is 0 Å². The van der Waals surface area contributed by atoms with E-state index in [1.54, 1.807) is 12.1 Å². The Labute approximate surface area is 89.1 Å². The summed E-state index contributed by atoms with van der Waals surface area (Å²) in [7, 11) is 0. The molecule has 3 heteroatoms. The van der Waals surface area contributed by atoms with Crippen LogP contribution >= 0.6 is 0 Å². The van der Waals surface area contributed by atoms with Crippen molar-refractivity contribution in [2.45, 2.75) is 38.0 Å². The Balaban J connectivity index is 2.06. The largest absolute Gasteiger partial charge is 0.387 e. The minimum absolute atomic E-state index is 0.0433. The third-order valence-electron chi connectivity index (χ3n) is 2.88. The first-order valence-corrected chi connectivity index (χ1v) is 5.19. The van der Waals surface area contributed by atoms with E-state index in [0.29, 0.717) is 5.56 Å². The average molecular weight is 209 g/mol. The first-order chi connectivity index (χ1) is 6.98. The highest BCUT2D eigenvalue weighted by molar-refractivity contribution is 5.22. The predicted molar refractivity (Wildman–Crippen MR) is 57.0 cm³/mol.